The Bertz CT molecular complexity index is 250. The molecule has 0 amide bonds. The molecule has 0 aliphatic carbocycles. The highest BCUT2D eigenvalue weighted by atomic mass is 14.0. The third-order valence-corrected chi connectivity index (χ3v) is 1.84. The van der Waals surface area contributed by atoms with Crippen LogP contribution in [0, 0.1) is 0 Å². The predicted octanol–water partition coefficient (Wildman–Crippen LogP) is 4.19. The molecule has 0 aromatic heterocycles. The average Bonchev–Trinajstić information content (AvgIpc) is 1.98. The lowest BCUT2D eigenvalue weighted by Crippen LogP contribution is -1.81. The SMILES string of the molecule is C=CC(/C=C(/C)C(=C)C)=C(C)C.N. The van der Waals surface area contributed by atoms with Gasteiger partial charge in [0, 0.05) is 0 Å². The van der Waals surface area contributed by atoms with Gasteiger partial charge in [0.05, 0.1) is 0 Å². The molecule has 0 bridgehead atoms. The molecule has 1 nitrogen and oxygen atoms in total. The Hall–Kier alpha value is -1.08. The summed E-state index contributed by atoms with van der Waals surface area (Å²) in [4.78, 5) is 0. The van der Waals surface area contributed by atoms with E-state index in [4.69, 9.17) is 0 Å². The molecule has 0 atom stereocenters. The van der Waals surface area contributed by atoms with Crippen LogP contribution < -0.4 is 6.15 Å². The summed E-state index contributed by atoms with van der Waals surface area (Å²) in [5.74, 6) is 0. The zero-order chi connectivity index (χ0) is 9.72. The maximum Gasteiger partial charge on any atom is -0.0273 e. The second-order valence-corrected chi connectivity index (χ2v) is 3.27. The number of rotatable bonds is 3. The van der Waals surface area contributed by atoms with Gasteiger partial charge in [0.1, 0.15) is 0 Å². The van der Waals surface area contributed by atoms with E-state index in [1.807, 2.05) is 13.0 Å². The van der Waals surface area contributed by atoms with Crippen LogP contribution in [0.4, 0.5) is 0 Å². The lowest BCUT2D eigenvalue weighted by atomic mass is 10.0. The van der Waals surface area contributed by atoms with E-state index in [1.165, 1.54) is 16.7 Å². The van der Waals surface area contributed by atoms with Crippen LogP contribution in [0.5, 0.6) is 0 Å². The molecule has 0 saturated heterocycles. The Morgan fingerprint density at radius 3 is 1.77 bits per heavy atom. The van der Waals surface area contributed by atoms with Crippen LogP contribution in [0.15, 0.2) is 47.6 Å². The summed E-state index contributed by atoms with van der Waals surface area (Å²) in [7, 11) is 0. The molecule has 13 heavy (non-hydrogen) atoms. The van der Waals surface area contributed by atoms with Gasteiger partial charge in [-0.2, -0.15) is 0 Å². The summed E-state index contributed by atoms with van der Waals surface area (Å²) in [6, 6.07) is 0. The molecule has 0 saturated carbocycles. The van der Waals surface area contributed by atoms with Gasteiger partial charge in [0.25, 0.3) is 0 Å². The van der Waals surface area contributed by atoms with Gasteiger partial charge in [0.15, 0.2) is 0 Å². The van der Waals surface area contributed by atoms with Crippen molar-refractivity contribution >= 4 is 0 Å². The molecule has 0 heterocycles. The fourth-order valence-electron chi connectivity index (χ4n) is 0.764. The molecule has 1 heteroatoms. The largest absolute Gasteiger partial charge is 0.344 e. The quantitative estimate of drug-likeness (QED) is 0.648. The lowest BCUT2D eigenvalue weighted by Gasteiger charge is -2.01. The van der Waals surface area contributed by atoms with E-state index in [-0.39, 0.29) is 6.15 Å². The van der Waals surface area contributed by atoms with Crippen molar-refractivity contribution in [2.24, 2.45) is 0 Å². The molecule has 0 rings (SSSR count). The predicted molar refractivity (Wildman–Crippen MR) is 62.2 cm³/mol. The number of hydrogen-bond acceptors (Lipinski definition) is 1. The summed E-state index contributed by atoms with van der Waals surface area (Å²) in [6.07, 6.45) is 3.99. The van der Waals surface area contributed by atoms with Crippen molar-refractivity contribution in [2.75, 3.05) is 0 Å². The van der Waals surface area contributed by atoms with Gasteiger partial charge in [-0.3, -0.25) is 0 Å². The summed E-state index contributed by atoms with van der Waals surface area (Å²) in [5.41, 5.74) is 4.79. The van der Waals surface area contributed by atoms with Crippen molar-refractivity contribution in [3.8, 4) is 0 Å². The molecule has 3 N–H and O–H groups in total. The van der Waals surface area contributed by atoms with Crippen LogP contribution in [-0.2, 0) is 0 Å². The monoisotopic (exact) mass is 179 g/mol. The molecule has 0 unspecified atom stereocenters. The maximum absolute atomic E-state index is 3.88. The minimum atomic E-state index is 0. The van der Waals surface area contributed by atoms with Crippen LogP contribution in [-0.4, -0.2) is 0 Å². The summed E-state index contributed by atoms with van der Waals surface area (Å²) in [6.45, 7) is 15.9. The lowest BCUT2D eigenvalue weighted by molar-refractivity contribution is 1.30. The first-order valence-electron chi connectivity index (χ1n) is 4.13. The minimum Gasteiger partial charge on any atom is -0.344 e. The second kappa shape index (κ2) is 6.44. The van der Waals surface area contributed by atoms with E-state index >= 15 is 0 Å². The van der Waals surface area contributed by atoms with Gasteiger partial charge >= 0.3 is 0 Å². The van der Waals surface area contributed by atoms with E-state index in [2.05, 4.69) is 40.0 Å². The highest BCUT2D eigenvalue weighted by Crippen LogP contribution is 2.13. The van der Waals surface area contributed by atoms with E-state index in [0.717, 1.165) is 5.57 Å². The van der Waals surface area contributed by atoms with Crippen LogP contribution in [0.1, 0.15) is 27.7 Å². The third kappa shape index (κ3) is 5.21. The van der Waals surface area contributed by atoms with Crippen molar-refractivity contribution in [1.82, 2.24) is 6.15 Å². The Labute approximate surface area is 82.1 Å². The average molecular weight is 179 g/mol. The molecule has 0 spiro atoms. The topological polar surface area (TPSA) is 35.0 Å². The third-order valence-electron chi connectivity index (χ3n) is 1.84. The molecule has 0 aromatic rings. The first-order valence-corrected chi connectivity index (χ1v) is 4.13. The maximum atomic E-state index is 3.88. The summed E-state index contributed by atoms with van der Waals surface area (Å²) >= 11 is 0. The van der Waals surface area contributed by atoms with Gasteiger partial charge in [-0.25, -0.2) is 0 Å². The molecular weight excluding hydrogens is 158 g/mol. The highest BCUT2D eigenvalue weighted by Gasteiger charge is 1.92. The number of hydrogen-bond donors (Lipinski definition) is 1. The van der Waals surface area contributed by atoms with Gasteiger partial charge in [-0.1, -0.05) is 36.5 Å². The first-order chi connectivity index (χ1) is 5.49. The highest BCUT2D eigenvalue weighted by molar-refractivity contribution is 5.40. The zero-order valence-electron chi connectivity index (χ0n) is 9.28. The molecule has 0 radical (unpaired) electrons. The van der Waals surface area contributed by atoms with Crippen molar-refractivity contribution in [2.45, 2.75) is 27.7 Å². The van der Waals surface area contributed by atoms with Gasteiger partial charge in [-0.05, 0) is 38.8 Å². The molecule has 0 fully saturated rings. The van der Waals surface area contributed by atoms with Crippen molar-refractivity contribution in [3.05, 3.63) is 47.6 Å². The van der Waals surface area contributed by atoms with Crippen LogP contribution in [0.25, 0.3) is 0 Å². The minimum absolute atomic E-state index is 0. The first kappa shape index (κ1) is 14.4. The van der Waals surface area contributed by atoms with Crippen LogP contribution in [0.2, 0.25) is 0 Å². The Morgan fingerprint density at radius 1 is 1.08 bits per heavy atom. The molecule has 0 aromatic carbocycles. The fraction of sp³-hybridized carbons (Fsp3) is 0.333. The van der Waals surface area contributed by atoms with Gasteiger partial charge < -0.3 is 6.15 Å². The van der Waals surface area contributed by atoms with Gasteiger partial charge in [0.2, 0.25) is 0 Å². The Balaban J connectivity index is 0. The molecule has 0 aliphatic rings. The molecule has 0 aliphatic heterocycles. The van der Waals surface area contributed by atoms with E-state index in [9.17, 15) is 0 Å². The second-order valence-electron chi connectivity index (χ2n) is 3.27. The van der Waals surface area contributed by atoms with Gasteiger partial charge in [-0.15, -0.1) is 0 Å². The smallest absolute Gasteiger partial charge is 0.0273 e. The van der Waals surface area contributed by atoms with Crippen LogP contribution >= 0.6 is 0 Å². The van der Waals surface area contributed by atoms with E-state index in [0.29, 0.717) is 0 Å². The summed E-state index contributed by atoms with van der Waals surface area (Å²) < 4.78 is 0. The number of allylic oxidation sites excluding steroid dienone is 6. The normalized spacial score (nSPS) is 10.0. The Kier molecular flexibility index (Phi) is 7.15. The fourth-order valence-corrected chi connectivity index (χ4v) is 0.764. The van der Waals surface area contributed by atoms with Crippen molar-refractivity contribution in [1.29, 1.82) is 0 Å². The standard InChI is InChI=1S/C12H18.H3N/c1-7-12(10(4)5)8-11(6)9(2)3;/h7-8H,1-2H2,3-6H3;1H3/b11-8-;. The van der Waals surface area contributed by atoms with E-state index in [1.54, 1.807) is 0 Å². The van der Waals surface area contributed by atoms with Crippen molar-refractivity contribution in [3.63, 3.8) is 0 Å². The van der Waals surface area contributed by atoms with Crippen molar-refractivity contribution < 1.29 is 0 Å². The molecule has 74 valence electrons. The van der Waals surface area contributed by atoms with E-state index < -0.39 is 0 Å². The van der Waals surface area contributed by atoms with Crippen LogP contribution in [0.3, 0.4) is 0 Å². The summed E-state index contributed by atoms with van der Waals surface area (Å²) in [5, 5.41) is 0. The zero-order valence-corrected chi connectivity index (χ0v) is 9.28. The Morgan fingerprint density at radius 2 is 1.54 bits per heavy atom. The molecular formula is C12H21N.